The molecule has 0 radical (unpaired) electrons. The Morgan fingerprint density at radius 3 is 2.37 bits per heavy atom. The number of rotatable bonds is 17. The number of carbonyl (C=O) groups is 1. The Kier molecular flexibility index (Phi) is 14.6. The number of aliphatic hydroxyl groups excluding tert-OH is 3. The number of ether oxygens (including phenoxy) is 3. The number of esters is 1. The number of aliphatic hydroxyl groups is 3. The van der Waals surface area contributed by atoms with E-state index in [0.29, 0.717) is 17.8 Å². The average Bonchev–Trinajstić information content (AvgIpc) is 3.47. The summed E-state index contributed by atoms with van der Waals surface area (Å²) in [5, 5.41) is 32.2. The van der Waals surface area contributed by atoms with E-state index in [-0.39, 0.29) is 24.1 Å². The van der Waals surface area contributed by atoms with Gasteiger partial charge in [-0.2, -0.15) is 0 Å². The molecule has 0 aromatic heterocycles. The molecule has 5 aliphatic rings. The first kappa shape index (κ1) is 41.2. The Hall–Kier alpha value is -0.990. The minimum Gasteiger partial charge on any atom is -0.463 e. The first-order valence-corrected chi connectivity index (χ1v) is 21.5. The molecule has 0 aromatic carbocycles. The predicted molar refractivity (Wildman–Crippen MR) is 203 cm³/mol. The second-order valence-electron chi connectivity index (χ2n) is 18.7. The fraction of sp³-hybridized carbons (Fsp3) is 0.932. The molecule has 3 saturated carbocycles. The van der Waals surface area contributed by atoms with Crippen molar-refractivity contribution in [3.05, 3.63) is 11.6 Å². The highest BCUT2D eigenvalue weighted by Gasteiger charge is 2.59. The van der Waals surface area contributed by atoms with Crippen molar-refractivity contribution in [2.24, 2.45) is 52.3 Å². The van der Waals surface area contributed by atoms with Crippen LogP contribution in [0.15, 0.2) is 11.6 Å². The topological polar surface area (TPSA) is 105 Å². The minimum atomic E-state index is -1.44. The van der Waals surface area contributed by atoms with Crippen molar-refractivity contribution in [3.63, 3.8) is 0 Å². The molecule has 3 N–H and O–H groups in total. The average molecular weight is 717 g/mol. The lowest BCUT2D eigenvalue weighted by Crippen LogP contribution is -2.60. The number of hydrogen-bond donors (Lipinski definition) is 3. The van der Waals surface area contributed by atoms with Crippen LogP contribution in [0.1, 0.15) is 164 Å². The third kappa shape index (κ3) is 9.11. The van der Waals surface area contributed by atoms with Gasteiger partial charge >= 0.3 is 5.97 Å². The maximum absolute atomic E-state index is 12.4. The van der Waals surface area contributed by atoms with Gasteiger partial charge in [0.1, 0.15) is 31.0 Å². The van der Waals surface area contributed by atoms with Gasteiger partial charge in [-0.25, -0.2) is 0 Å². The smallest absolute Gasteiger partial charge is 0.305 e. The van der Waals surface area contributed by atoms with Crippen molar-refractivity contribution in [1.29, 1.82) is 0 Å². The van der Waals surface area contributed by atoms with Crippen molar-refractivity contribution in [2.75, 3.05) is 6.61 Å². The summed E-state index contributed by atoms with van der Waals surface area (Å²) in [7, 11) is 0. The van der Waals surface area contributed by atoms with E-state index in [2.05, 4.69) is 54.5 Å². The van der Waals surface area contributed by atoms with Crippen molar-refractivity contribution < 1.29 is 34.3 Å². The van der Waals surface area contributed by atoms with Gasteiger partial charge in [-0.15, -0.1) is 0 Å². The number of hydrogen-bond acceptors (Lipinski definition) is 7. The summed E-state index contributed by atoms with van der Waals surface area (Å²) in [4.78, 5) is 12.4. The monoisotopic (exact) mass is 717 g/mol. The van der Waals surface area contributed by atoms with Gasteiger partial charge in [-0.1, -0.05) is 105 Å². The van der Waals surface area contributed by atoms with Crippen LogP contribution in [0.2, 0.25) is 0 Å². The summed E-state index contributed by atoms with van der Waals surface area (Å²) in [6.07, 6.45) is 16.4. The molecule has 1 aliphatic heterocycles. The van der Waals surface area contributed by atoms with Crippen molar-refractivity contribution >= 4 is 5.97 Å². The lowest BCUT2D eigenvalue weighted by molar-refractivity contribution is -0.313. The highest BCUT2D eigenvalue weighted by Crippen LogP contribution is 2.67. The van der Waals surface area contributed by atoms with Crippen LogP contribution in [0.25, 0.3) is 0 Å². The van der Waals surface area contributed by atoms with Gasteiger partial charge in [0.25, 0.3) is 0 Å². The Morgan fingerprint density at radius 1 is 0.902 bits per heavy atom. The molecular formula is C44H76O7. The van der Waals surface area contributed by atoms with Crippen LogP contribution in [0.3, 0.4) is 0 Å². The molecule has 4 fully saturated rings. The number of carbonyl (C=O) groups excluding carboxylic acids is 1. The van der Waals surface area contributed by atoms with Crippen LogP contribution in [-0.2, 0) is 19.0 Å². The highest BCUT2D eigenvalue weighted by atomic mass is 16.7. The molecule has 4 aliphatic carbocycles. The van der Waals surface area contributed by atoms with Crippen LogP contribution in [0.5, 0.6) is 0 Å². The number of fused-ring (bicyclic) bond motifs is 5. The van der Waals surface area contributed by atoms with Gasteiger partial charge in [0.2, 0.25) is 0 Å². The molecule has 14 unspecified atom stereocenters. The lowest BCUT2D eigenvalue weighted by atomic mass is 9.47. The van der Waals surface area contributed by atoms with Crippen LogP contribution < -0.4 is 0 Å². The molecule has 0 amide bonds. The van der Waals surface area contributed by atoms with Crippen LogP contribution in [-0.4, -0.2) is 64.7 Å². The zero-order valence-electron chi connectivity index (χ0n) is 33.5. The summed E-state index contributed by atoms with van der Waals surface area (Å²) >= 11 is 0. The zero-order valence-corrected chi connectivity index (χ0v) is 33.5. The lowest BCUT2D eigenvalue weighted by Gasteiger charge is -2.58. The van der Waals surface area contributed by atoms with Gasteiger partial charge < -0.3 is 29.5 Å². The van der Waals surface area contributed by atoms with E-state index >= 15 is 0 Å². The Balaban J connectivity index is 1.15. The van der Waals surface area contributed by atoms with Crippen molar-refractivity contribution in [1.82, 2.24) is 0 Å². The maximum atomic E-state index is 12.4. The molecular weight excluding hydrogens is 640 g/mol. The van der Waals surface area contributed by atoms with Gasteiger partial charge in [0.15, 0.2) is 6.29 Å². The van der Waals surface area contributed by atoms with E-state index in [1.807, 2.05) is 0 Å². The minimum absolute atomic E-state index is 0.137. The summed E-state index contributed by atoms with van der Waals surface area (Å²) in [6, 6.07) is 0. The Bertz CT molecular complexity index is 1140. The SMILES string of the molecule is CCCCCCCCC(=O)OCC1OC(OC2CCC3(C)C(=CCC4C3CCC3(C)C(C(C)CCC(CC)C(C)C)CCC43)C2)C(O)C(O)C1O. The fourth-order valence-electron chi connectivity index (χ4n) is 12.1. The fourth-order valence-corrected chi connectivity index (χ4v) is 12.1. The summed E-state index contributed by atoms with van der Waals surface area (Å²) < 4.78 is 17.9. The van der Waals surface area contributed by atoms with Gasteiger partial charge in [-0.05, 0) is 116 Å². The summed E-state index contributed by atoms with van der Waals surface area (Å²) in [5.74, 6) is 5.23. The summed E-state index contributed by atoms with van der Waals surface area (Å²) in [5.41, 5.74) is 2.13. The second kappa shape index (κ2) is 18.1. The van der Waals surface area contributed by atoms with Crippen LogP contribution >= 0.6 is 0 Å². The quantitative estimate of drug-likeness (QED) is 0.0784. The Morgan fingerprint density at radius 2 is 1.65 bits per heavy atom. The van der Waals surface area contributed by atoms with E-state index in [0.717, 1.165) is 80.5 Å². The van der Waals surface area contributed by atoms with E-state index in [1.54, 1.807) is 0 Å². The van der Waals surface area contributed by atoms with Gasteiger partial charge in [0.05, 0.1) is 6.10 Å². The van der Waals surface area contributed by atoms with E-state index in [1.165, 1.54) is 69.8 Å². The first-order chi connectivity index (χ1) is 24.3. The van der Waals surface area contributed by atoms with Crippen LogP contribution in [0.4, 0.5) is 0 Å². The molecule has 51 heavy (non-hydrogen) atoms. The largest absolute Gasteiger partial charge is 0.463 e. The highest BCUT2D eigenvalue weighted by molar-refractivity contribution is 5.69. The van der Waals surface area contributed by atoms with Gasteiger partial charge in [0, 0.05) is 6.42 Å². The number of allylic oxidation sites excluding steroid dienone is 1. The third-order valence-corrected chi connectivity index (χ3v) is 15.4. The molecule has 1 heterocycles. The Labute approximate surface area is 311 Å². The van der Waals surface area contributed by atoms with Crippen LogP contribution in [0, 0.1) is 52.3 Å². The molecule has 294 valence electrons. The van der Waals surface area contributed by atoms with E-state index < -0.39 is 30.7 Å². The zero-order chi connectivity index (χ0) is 36.9. The maximum Gasteiger partial charge on any atom is 0.305 e. The van der Waals surface area contributed by atoms with E-state index in [9.17, 15) is 20.1 Å². The molecule has 0 spiro atoms. The standard InChI is InChI=1S/C44H76O7/c1-8-10-11-12-13-14-15-38(45)49-27-37-39(46)40(47)41(48)42(51-37)50-32-22-24-43(6)31(26-32)18-19-33-35-21-20-34(44(35,7)25-23-36(33)43)29(5)16-17-30(9-2)28(3)4/h18,28-30,32-37,39-42,46-48H,8-17,19-27H2,1-7H3. The summed E-state index contributed by atoms with van der Waals surface area (Å²) in [6.45, 7) is 16.9. The first-order valence-electron chi connectivity index (χ1n) is 21.5. The molecule has 7 nitrogen and oxygen atoms in total. The molecule has 1 saturated heterocycles. The predicted octanol–water partition coefficient (Wildman–Crippen LogP) is 9.15. The third-order valence-electron chi connectivity index (χ3n) is 15.4. The molecule has 7 heteroatoms. The molecule has 14 atom stereocenters. The molecule has 5 rings (SSSR count). The number of unbranched alkanes of at least 4 members (excludes halogenated alkanes) is 5. The molecule has 0 bridgehead atoms. The van der Waals surface area contributed by atoms with Crippen molar-refractivity contribution in [2.45, 2.75) is 201 Å². The second-order valence-corrected chi connectivity index (χ2v) is 18.7. The normalized spacial score (nSPS) is 40.6. The van der Waals surface area contributed by atoms with Gasteiger partial charge in [-0.3, -0.25) is 4.79 Å². The molecule has 0 aromatic rings. The van der Waals surface area contributed by atoms with Crippen molar-refractivity contribution in [3.8, 4) is 0 Å². The van der Waals surface area contributed by atoms with E-state index in [4.69, 9.17) is 14.2 Å².